The van der Waals surface area contributed by atoms with E-state index in [1.165, 1.54) is 11.3 Å². The van der Waals surface area contributed by atoms with Gasteiger partial charge in [-0.05, 0) is 48.7 Å². The normalized spacial score (nSPS) is 23.4. The summed E-state index contributed by atoms with van der Waals surface area (Å²) in [5.74, 6) is -1.33. The molecule has 1 N–H and O–H groups in total. The Hall–Kier alpha value is -0.880. The van der Waals surface area contributed by atoms with Crippen molar-refractivity contribution in [2.45, 2.75) is 32.7 Å². The first-order valence-corrected chi connectivity index (χ1v) is 7.80. The minimum absolute atomic E-state index is 0.0744. The van der Waals surface area contributed by atoms with Gasteiger partial charge in [-0.15, -0.1) is 11.3 Å². The van der Waals surface area contributed by atoms with E-state index in [0.717, 1.165) is 15.1 Å². The zero-order valence-electron chi connectivity index (χ0n) is 10.9. The van der Waals surface area contributed by atoms with Crippen molar-refractivity contribution in [1.82, 2.24) is 4.90 Å². The van der Waals surface area contributed by atoms with Crippen LogP contribution in [-0.2, 0) is 4.79 Å². The fourth-order valence-corrected chi connectivity index (χ4v) is 4.14. The van der Waals surface area contributed by atoms with Crippen LogP contribution in [0.15, 0.2) is 9.85 Å². The van der Waals surface area contributed by atoms with Crippen LogP contribution in [0.25, 0.3) is 0 Å². The zero-order valence-corrected chi connectivity index (χ0v) is 13.3. The van der Waals surface area contributed by atoms with Gasteiger partial charge in [0.15, 0.2) is 0 Å². The van der Waals surface area contributed by atoms with E-state index in [1.54, 1.807) is 4.90 Å². The van der Waals surface area contributed by atoms with E-state index in [1.807, 2.05) is 19.9 Å². The van der Waals surface area contributed by atoms with E-state index >= 15 is 0 Å². The van der Waals surface area contributed by atoms with Crippen molar-refractivity contribution in [3.63, 3.8) is 0 Å². The summed E-state index contributed by atoms with van der Waals surface area (Å²) < 4.78 is 0.819. The van der Waals surface area contributed by atoms with Crippen LogP contribution >= 0.6 is 27.3 Å². The van der Waals surface area contributed by atoms with Crippen LogP contribution in [0.4, 0.5) is 0 Å². The number of hydrogen-bond acceptors (Lipinski definition) is 3. The third kappa shape index (κ3) is 3.00. The highest BCUT2D eigenvalue weighted by molar-refractivity contribution is 9.11. The molecule has 1 fully saturated rings. The molecule has 2 atom stereocenters. The number of rotatable bonds is 2. The third-order valence-electron chi connectivity index (χ3n) is 3.53. The van der Waals surface area contributed by atoms with Crippen LogP contribution in [0.5, 0.6) is 0 Å². The second-order valence-corrected chi connectivity index (χ2v) is 7.54. The summed E-state index contributed by atoms with van der Waals surface area (Å²) in [6.07, 6.45) is 1.38. The molecule has 19 heavy (non-hydrogen) atoms. The topological polar surface area (TPSA) is 57.6 Å². The van der Waals surface area contributed by atoms with Gasteiger partial charge in [-0.1, -0.05) is 0 Å². The Morgan fingerprint density at radius 2 is 2.16 bits per heavy atom. The summed E-state index contributed by atoms with van der Waals surface area (Å²) >= 11 is 4.93. The van der Waals surface area contributed by atoms with E-state index in [2.05, 4.69) is 15.9 Å². The van der Waals surface area contributed by atoms with Crippen LogP contribution < -0.4 is 0 Å². The maximum Gasteiger partial charge on any atom is 0.308 e. The molecule has 0 aliphatic carbocycles. The maximum atomic E-state index is 12.5. The predicted molar refractivity (Wildman–Crippen MR) is 77.6 cm³/mol. The van der Waals surface area contributed by atoms with Crippen LogP contribution in [0.2, 0.25) is 0 Å². The van der Waals surface area contributed by atoms with Crippen LogP contribution in [0.3, 0.4) is 0 Å². The van der Waals surface area contributed by atoms with Crippen LogP contribution in [0.1, 0.15) is 35.0 Å². The van der Waals surface area contributed by atoms with E-state index in [4.69, 9.17) is 5.11 Å². The molecule has 2 heterocycles. The van der Waals surface area contributed by atoms with Gasteiger partial charge in [0, 0.05) is 17.5 Å². The van der Waals surface area contributed by atoms with Gasteiger partial charge in [0.2, 0.25) is 0 Å². The van der Waals surface area contributed by atoms with Gasteiger partial charge in [0.25, 0.3) is 5.91 Å². The lowest BCUT2D eigenvalue weighted by Crippen LogP contribution is -2.47. The molecule has 2 unspecified atom stereocenters. The van der Waals surface area contributed by atoms with Gasteiger partial charge in [-0.3, -0.25) is 9.59 Å². The van der Waals surface area contributed by atoms with Gasteiger partial charge in [-0.2, -0.15) is 0 Å². The largest absolute Gasteiger partial charge is 0.481 e. The van der Waals surface area contributed by atoms with E-state index in [9.17, 15) is 9.59 Å². The number of halogens is 1. The number of aryl methyl sites for hydroxylation is 1. The number of piperidine rings is 1. The molecule has 2 rings (SSSR count). The van der Waals surface area contributed by atoms with Crippen molar-refractivity contribution in [2.75, 3.05) is 6.54 Å². The average Bonchev–Trinajstić information content (AvgIpc) is 2.68. The zero-order chi connectivity index (χ0) is 14.2. The maximum absolute atomic E-state index is 12.5. The number of carboxylic acid groups (broad SMARTS) is 1. The Labute approximate surface area is 124 Å². The lowest BCUT2D eigenvalue weighted by Gasteiger charge is -2.36. The Kier molecular flexibility index (Phi) is 4.30. The first-order chi connectivity index (χ1) is 8.90. The molecule has 4 nitrogen and oxygen atoms in total. The molecule has 0 saturated carbocycles. The van der Waals surface area contributed by atoms with Crippen molar-refractivity contribution in [3.05, 3.63) is 20.3 Å². The highest BCUT2D eigenvalue weighted by Gasteiger charge is 2.33. The van der Waals surface area contributed by atoms with Crippen molar-refractivity contribution < 1.29 is 14.7 Å². The molecular weight excluding hydrogens is 330 g/mol. The molecule has 1 aliphatic rings. The number of likely N-dealkylation sites (tertiary alicyclic amines) is 1. The second kappa shape index (κ2) is 5.63. The number of aliphatic carboxylic acids is 1. The lowest BCUT2D eigenvalue weighted by atomic mass is 9.93. The van der Waals surface area contributed by atoms with Crippen LogP contribution in [0, 0.1) is 12.8 Å². The molecule has 0 aromatic carbocycles. The quantitative estimate of drug-likeness (QED) is 0.895. The minimum Gasteiger partial charge on any atom is -0.481 e. The highest BCUT2D eigenvalue weighted by atomic mass is 79.9. The first-order valence-electron chi connectivity index (χ1n) is 6.20. The van der Waals surface area contributed by atoms with Gasteiger partial charge in [0.05, 0.1) is 15.3 Å². The molecule has 0 spiro atoms. The van der Waals surface area contributed by atoms with Crippen molar-refractivity contribution in [3.8, 4) is 0 Å². The fourth-order valence-electron chi connectivity index (χ4n) is 2.38. The molecular formula is C13H16BrNO3S. The van der Waals surface area contributed by atoms with Crippen molar-refractivity contribution in [2.24, 2.45) is 5.92 Å². The number of carbonyl (C=O) groups excluding carboxylic acids is 1. The number of thiophene rings is 1. The summed E-state index contributed by atoms with van der Waals surface area (Å²) in [5, 5.41) is 9.11. The average molecular weight is 346 g/mol. The fraction of sp³-hybridized carbons (Fsp3) is 0.538. The Bertz CT molecular complexity index is 514. The summed E-state index contributed by atoms with van der Waals surface area (Å²) in [6.45, 7) is 4.23. The van der Waals surface area contributed by atoms with Gasteiger partial charge in [0.1, 0.15) is 0 Å². The number of nitrogens with zero attached hydrogens (tertiary/aromatic N) is 1. The summed E-state index contributed by atoms with van der Waals surface area (Å²) in [4.78, 5) is 26.4. The van der Waals surface area contributed by atoms with Gasteiger partial charge < -0.3 is 10.0 Å². The second-order valence-electron chi connectivity index (χ2n) is 4.96. The van der Waals surface area contributed by atoms with Crippen molar-refractivity contribution >= 4 is 39.1 Å². The van der Waals surface area contributed by atoms with E-state index < -0.39 is 11.9 Å². The number of carbonyl (C=O) groups is 2. The molecule has 1 aliphatic heterocycles. The molecule has 6 heteroatoms. The van der Waals surface area contributed by atoms with Gasteiger partial charge in [-0.25, -0.2) is 0 Å². The summed E-state index contributed by atoms with van der Waals surface area (Å²) in [6, 6.07) is 1.95. The molecule has 1 aromatic rings. The SMILES string of the molecule is Cc1cc(C(=O)N2CC(C(=O)O)CCC2C)c(Br)s1. The molecule has 0 radical (unpaired) electrons. The Morgan fingerprint density at radius 3 is 2.68 bits per heavy atom. The monoisotopic (exact) mass is 345 g/mol. The van der Waals surface area contributed by atoms with E-state index in [-0.39, 0.29) is 11.9 Å². The van der Waals surface area contributed by atoms with Crippen LogP contribution in [-0.4, -0.2) is 34.5 Å². The molecule has 1 saturated heterocycles. The highest BCUT2D eigenvalue weighted by Crippen LogP contribution is 2.31. The number of hydrogen-bond donors (Lipinski definition) is 1. The Balaban J connectivity index is 2.21. The lowest BCUT2D eigenvalue weighted by molar-refractivity contribution is -0.143. The molecule has 1 aromatic heterocycles. The predicted octanol–water partition coefficient (Wildman–Crippen LogP) is 3.14. The third-order valence-corrected chi connectivity index (χ3v) is 5.28. The standard InChI is InChI=1S/C13H16BrNO3S/c1-7-3-4-9(13(17)18)6-15(7)12(16)10-5-8(2)19-11(10)14/h5,7,9H,3-4,6H2,1-2H3,(H,17,18). The summed E-state index contributed by atoms with van der Waals surface area (Å²) in [5.41, 5.74) is 0.639. The smallest absolute Gasteiger partial charge is 0.308 e. The number of carboxylic acids is 1. The summed E-state index contributed by atoms with van der Waals surface area (Å²) in [7, 11) is 0. The van der Waals surface area contributed by atoms with Gasteiger partial charge >= 0.3 is 5.97 Å². The van der Waals surface area contributed by atoms with E-state index in [0.29, 0.717) is 18.5 Å². The molecule has 1 amide bonds. The number of amides is 1. The first kappa shape index (κ1) is 14.5. The Morgan fingerprint density at radius 1 is 1.47 bits per heavy atom. The van der Waals surface area contributed by atoms with Crippen molar-refractivity contribution in [1.29, 1.82) is 0 Å². The molecule has 0 bridgehead atoms. The molecule has 104 valence electrons. The minimum atomic E-state index is -0.815.